The van der Waals surface area contributed by atoms with Crippen LogP contribution in [0.4, 0.5) is 10.6 Å². The van der Waals surface area contributed by atoms with Crippen molar-refractivity contribution < 1.29 is 9.53 Å². The van der Waals surface area contributed by atoms with E-state index in [1.54, 1.807) is 13.2 Å². The van der Waals surface area contributed by atoms with E-state index in [4.69, 9.17) is 4.74 Å². The van der Waals surface area contributed by atoms with Gasteiger partial charge in [-0.3, -0.25) is 14.8 Å². The molecule has 4 rings (SSSR count). The smallest absolute Gasteiger partial charge is 0.323 e. The Hall–Kier alpha value is -3.30. The molecule has 0 spiro atoms. The number of amides is 2. The molecule has 3 aromatic rings. The third kappa shape index (κ3) is 5.98. The monoisotopic (exact) mass is 463 g/mol. The quantitative estimate of drug-likeness (QED) is 0.577. The van der Waals surface area contributed by atoms with E-state index in [0.717, 1.165) is 49.4 Å². The van der Waals surface area contributed by atoms with Gasteiger partial charge in [0.25, 0.3) is 0 Å². The number of urea groups is 1. The fourth-order valence-electron chi connectivity index (χ4n) is 3.78. The molecular weight excluding hydrogens is 430 g/mol. The molecule has 1 N–H and O–H groups in total. The molecule has 0 bridgehead atoms. The molecule has 0 radical (unpaired) electrons. The molecule has 1 aromatic carbocycles. The average Bonchev–Trinajstić information content (AvgIpc) is 2.84. The summed E-state index contributed by atoms with van der Waals surface area (Å²) < 4.78 is 5.86. The van der Waals surface area contributed by atoms with Gasteiger partial charge in [0.05, 0.1) is 17.2 Å². The highest BCUT2D eigenvalue weighted by atomic mass is 16.5. The zero-order chi connectivity index (χ0) is 24.1. The number of nitrogens with zero attached hydrogens (tertiary/aromatic N) is 6. The molecule has 3 heterocycles. The number of fused-ring (bicyclic) bond motifs is 1. The molecule has 34 heavy (non-hydrogen) atoms. The van der Waals surface area contributed by atoms with Gasteiger partial charge in [-0.2, -0.15) is 0 Å². The molecule has 2 amide bonds. The van der Waals surface area contributed by atoms with Crippen LogP contribution in [0.3, 0.4) is 0 Å². The summed E-state index contributed by atoms with van der Waals surface area (Å²) in [6.45, 7) is 9.74. The third-order valence-electron chi connectivity index (χ3n) is 5.91. The maximum Gasteiger partial charge on any atom is 0.323 e. The van der Waals surface area contributed by atoms with Crippen LogP contribution in [0.15, 0.2) is 42.7 Å². The van der Waals surface area contributed by atoms with Crippen LogP contribution >= 0.6 is 0 Å². The van der Waals surface area contributed by atoms with Gasteiger partial charge in [-0.05, 0) is 44.7 Å². The summed E-state index contributed by atoms with van der Waals surface area (Å²) in [5.74, 6) is 1.11. The lowest BCUT2D eigenvalue weighted by atomic mass is 10.1. The van der Waals surface area contributed by atoms with Crippen LogP contribution in [-0.2, 0) is 0 Å². The summed E-state index contributed by atoms with van der Waals surface area (Å²) >= 11 is 0. The van der Waals surface area contributed by atoms with Gasteiger partial charge in [0.1, 0.15) is 6.61 Å². The molecule has 1 saturated heterocycles. The van der Waals surface area contributed by atoms with Gasteiger partial charge >= 0.3 is 6.03 Å². The number of hydrogen-bond donors (Lipinski definition) is 1. The first-order valence-corrected chi connectivity index (χ1v) is 11.7. The minimum atomic E-state index is -0.216. The minimum absolute atomic E-state index is 0.0428. The number of nitrogens with one attached hydrogen (secondary N) is 1. The predicted molar refractivity (Wildman–Crippen MR) is 134 cm³/mol. The minimum Gasteiger partial charge on any atom is -0.476 e. The van der Waals surface area contributed by atoms with Crippen molar-refractivity contribution >= 4 is 22.9 Å². The number of ether oxygens (including phenoxy) is 1. The number of likely N-dealkylation sites (N-methyl/N-ethyl adjacent to an activating group) is 1. The van der Waals surface area contributed by atoms with Crippen molar-refractivity contribution in [3.8, 4) is 17.0 Å². The Morgan fingerprint density at radius 1 is 1.06 bits per heavy atom. The van der Waals surface area contributed by atoms with Gasteiger partial charge < -0.3 is 15.0 Å². The standard InChI is InChI=1S/C25H33N7O2/c1-18(2)28-25(33)31(4)23-17-26-21-7-5-19(15-22(21)29-23)20-6-8-24(27-16-20)34-14-13-32-11-9-30(3)10-12-32/h5-8,15-18H,9-14H2,1-4H3,(H,28,33). The molecule has 1 aliphatic rings. The second-order valence-corrected chi connectivity index (χ2v) is 8.97. The Morgan fingerprint density at radius 3 is 2.53 bits per heavy atom. The van der Waals surface area contributed by atoms with Crippen LogP contribution in [0.5, 0.6) is 5.88 Å². The lowest BCUT2D eigenvalue weighted by molar-refractivity contribution is 0.132. The number of anilines is 1. The van der Waals surface area contributed by atoms with Crippen LogP contribution in [0.25, 0.3) is 22.2 Å². The molecule has 1 aliphatic heterocycles. The highest BCUT2D eigenvalue weighted by Crippen LogP contribution is 2.24. The summed E-state index contributed by atoms with van der Waals surface area (Å²) in [5.41, 5.74) is 3.42. The van der Waals surface area contributed by atoms with E-state index >= 15 is 0 Å². The van der Waals surface area contributed by atoms with Gasteiger partial charge in [-0.1, -0.05) is 6.07 Å². The van der Waals surface area contributed by atoms with Crippen LogP contribution in [-0.4, -0.2) is 90.3 Å². The number of carbonyl (C=O) groups excluding carboxylic acids is 1. The van der Waals surface area contributed by atoms with E-state index in [2.05, 4.69) is 37.1 Å². The topological polar surface area (TPSA) is 86.7 Å². The van der Waals surface area contributed by atoms with E-state index in [-0.39, 0.29) is 12.1 Å². The average molecular weight is 464 g/mol. The molecule has 1 fully saturated rings. The first-order chi connectivity index (χ1) is 16.4. The van der Waals surface area contributed by atoms with E-state index in [1.807, 2.05) is 50.4 Å². The lowest BCUT2D eigenvalue weighted by Crippen LogP contribution is -2.45. The Balaban J connectivity index is 1.41. The Bertz CT molecular complexity index is 1110. The number of piperazine rings is 1. The second-order valence-electron chi connectivity index (χ2n) is 8.97. The zero-order valence-corrected chi connectivity index (χ0v) is 20.4. The molecule has 2 aromatic heterocycles. The summed E-state index contributed by atoms with van der Waals surface area (Å²) in [5, 5.41) is 2.86. The molecular formula is C25H33N7O2. The lowest BCUT2D eigenvalue weighted by Gasteiger charge is -2.32. The highest BCUT2D eigenvalue weighted by Gasteiger charge is 2.15. The molecule has 180 valence electrons. The van der Waals surface area contributed by atoms with Crippen molar-refractivity contribution in [2.45, 2.75) is 19.9 Å². The van der Waals surface area contributed by atoms with Crippen molar-refractivity contribution in [3.63, 3.8) is 0 Å². The van der Waals surface area contributed by atoms with E-state index in [1.165, 1.54) is 4.90 Å². The number of benzene rings is 1. The van der Waals surface area contributed by atoms with Crippen molar-refractivity contribution in [2.24, 2.45) is 0 Å². The van der Waals surface area contributed by atoms with Crippen LogP contribution in [0.2, 0.25) is 0 Å². The summed E-state index contributed by atoms with van der Waals surface area (Å²) in [6, 6.07) is 9.61. The van der Waals surface area contributed by atoms with Gasteiger partial charge in [0.2, 0.25) is 5.88 Å². The molecule has 0 saturated carbocycles. The Morgan fingerprint density at radius 2 is 1.82 bits per heavy atom. The van der Waals surface area contributed by atoms with Crippen molar-refractivity contribution in [3.05, 3.63) is 42.7 Å². The Kier molecular flexibility index (Phi) is 7.54. The van der Waals surface area contributed by atoms with Crippen LogP contribution < -0.4 is 15.0 Å². The maximum atomic E-state index is 12.3. The summed E-state index contributed by atoms with van der Waals surface area (Å²) in [4.78, 5) is 32.1. The number of rotatable bonds is 7. The number of hydrogen-bond acceptors (Lipinski definition) is 7. The van der Waals surface area contributed by atoms with Gasteiger partial charge in [0.15, 0.2) is 5.82 Å². The normalized spacial score (nSPS) is 15.0. The summed E-state index contributed by atoms with van der Waals surface area (Å²) in [7, 11) is 3.84. The molecule has 9 nitrogen and oxygen atoms in total. The fourth-order valence-corrected chi connectivity index (χ4v) is 3.78. The zero-order valence-electron chi connectivity index (χ0n) is 20.4. The first-order valence-electron chi connectivity index (χ1n) is 11.7. The molecule has 0 atom stereocenters. The van der Waals surface area contributed by atoms with Crippen LogP contribution in [0, 0.1) is 0 Å². The highest BCUT2D eigenvalue weighted by molar-refractivity contribution is 5.91. The van der Waals surface area contributed by atoms with Crippen LogP contribution in [0.1, 0.15) is 13.8 Å². The third-order valence-corrected chi connectivity index (χ3v) is 5.91. The van der Waals surface area contributed by atoms with Crippen molar-refractivity contribution in [1.82, 2.24) is 30.1 Å². The van der Waals surface area contributed by atoms with E-state index in [0.29, 0.717) is 23.8 Å². The molecule has 9 heteroatoms. The number of pyridine rings is 1. The maximum absolute atomic E-state index is 12.3. The van der Waals surface area contributed by atoms with E-state index < -0.39 is 0 Å². The van der Waals surface area contributed by atoms with E-state index in [9.17, 15) is 4.79 Å². The predicted octanol–water partition coefficient (Wildman–Crippen LogP) is 2.87. The SMILES string of the molecule is CC(C)NC(=O)N(C)c1cnc2ccc(-c3ccc(OCCN4CCN(C)CC4)nc3)cc2n1. The second kappa shape index (κ2) is 10.8. The number of carbonyl (C=O) groups is 1. The molecule has 0 unspecified atom stereocenters. The first kappa shape index (κ1) is 23.8. The van der Waals surface area contributed by atoms with Gasteiger partial charge in [0, 0.05) is 63.6 Å². The summed E-state index contributed by atoms with van der Waals surface area (Å²) in [6.07, 6.45) is 3.42. The Labute approximate surface area is 200 Å². The fraction of sp³-hybridized carbons (Fsp3) is 0.440. The van der Waals surface area contributed by atoms with Crippen molar-refractivity contribution in [1.29, 1.82) is 0 Å². The van der Waals surface area contributed by atoms with Gasteiger partial charge in [-0.15, -0.1) is 0 Å². The van der Waals surface area contributed by atoms with Crippen molar-refractivity contribution in [2.75, 3.05) is 58.3 Å². The largest absolute Gasteiger partial charge is 0.476 e. The molecule has 0 aliphatic carbocycles. The number of aromatic nitrogens is 3. The van der Waals surface area contributed by atoms with Gasteiger partial charge in [-0.25, -0.2) is 14.8 Å².